The summed E-state index contributed by atoms with van der Waals surface area (Å²) in [7, 11) is 0. The Labute approximate surface area is 167 Å². The molecule has 134 valence electrons. The molecule has 1 unspecified atom stereocenters. The molecule has 2 N–H and O–H groups in total. The number of likely N-dealkylation sites (tertiary alicyclic amines) is 1. The molecule has 1 heterocycles. The fraction of sp³-hybridized carbons (Fsp3) is 0.611. The number of rotatable bonds is 6. The van der Waals surface area contributed by atoms with Crippen molar-refractivity contribution in [2.45, 2.75) is 38.8 Å². The molecule has 1 saturated carbocycles. The van der Waals surface area contributed by atoms with Gasteiger partial charge in [-0.05, 0) is 56.3 Å². The van der Waals surface area contributed by atoms with E-state index in [1.54, 1.807) is 0 Å². The summed E-state index contributed by atoms with van der Waals surface area (Å²) in [5, 5.41) is 7.61. The highest BCUT2D eigenvalue weighted by atomic mass is 127. The van der Waals surface area contributed by atoms with Crippen molar-refractivity contribution in [3.8, 4) is 0 Å². The molecule has 24 heavy (non-hydrogen) atoms. The van der Waals surface area contributed by atoms with Crippen molar-refractivity contribution >= 4 is 41.5 Å². The van der Waals surface area contributed by atoms with Crippen LogP contribution in [0.15, 0.2) is 29.3 Å². The Morgan fingerprint density at radius 1 is 1.21 bits per heavy atom. The van der Waals surface area contributed by atoms with Crippen LogP contribution in [0.3, 0.4) is 0 Å². The van der Waals surface area contributed by atoms with Gasteiger partial charge in [-0.2, -0.15) is 0 Å². The van der Waals surface area contributed by atoms with Crippen molar-refractivity contribution in [1.82, 2.24) is 15.5 Å². The first kappa shape index (κ1) is 19.8. The number of nitrogens with one attached hydrogen (secondary N) is 2. The van der Waals surface area contributed by atoms with Crippen LogP contribution in [-0.2, 0) is 6.54 Å². The van der Waals surface area contributed by atoms with Gasteiger partial charge in [-0.25, -0.2) is 4.99 Å². The van der Waals surface area contributed by atoms with Crippen LogP contribution in [0.4, 0.5) is 0 Å². The van der Waals surface area contributed by atoms with Gasteiger partial charge in [0.2, 0.25) is 0 Å². The first-order chi connectivity index (χ1) is 11.2. The first-order valence-corrected chi connectivity index (χ1v) is 9.13. The predicted octanol–water partition coefficient (Wildman–Crippen LogP) is 3.50. The summed E-state index contributed by atoms with van der Waals surface area (Å²) >= 11 is 5.92. The number of aliphatic imine (C=N–C) groups is 1. The van der Waals surface area contributed by atoms with E-state index in [9.17, 15) is 0 Å². The van der Waals surface area contributed by atoms with E-state index >= 15 is 0 Å². The van der Waals surface area contributed by atoms with Gasteiger partial charge in [-0.3, -0.25) is 0 Å². The number of halogens is 2. The molecule has 6 heteroatoms. The largest absolute Gasteiger partial charge is 0.357 e. The van der Waals surface area contributed by atoms with Crippen LogP contribution < -0.4 is 10.6 Å². The minimum atomic E-state index is 0. The van der Waals surface area contributed by atoms with E-state index in [-0.39, 0.29) is 24.0 Å². The van der Waals surface area contributed by atoms with E-state index in [0.29, 0.717) is 6.54 Å². The van der Waals surface area contributed by atoms with Crippen molar-refractivity contribution in [2.24, 2.45) is 10.9 Å². The maximum absolute atomic E-state index is 5.92. The fourth-order valence-electron chi connectivity index (χ4n) is 3.14. The summed E-state index contributed by atoms with van der Waals surface area (Å²) in [5.41, 5.74) is 1.17. The number of nitrogens with zero attached hydrogens (tertiary/aromatic N) is 2. The lowest BCUT2D eigenvalue weighted by Gasteiger charge is -2.17. The smallest absolute Gasteiger partial charge is 0.191 e. The van der Waals surface area contributed by atoms with E-state index in [2.05, 4.69) is 27.4 Å². The molecule has 0 bridgehead atoms. The third kappa shape index (κ3) is 6.08. The molecule has 1 aliphatic heterocycles. The average Bonchev–Trinajstić information content (AvgIpc) is 3.30. The summed E-state index contributed by atoms with van der Waals surface area (Å²) in [6.45, 7) is 7.18. The molecule has 0 aromatic heterocycles. The van der Waals surface area contributed by atoms with E-state index in [1.807, 2.05) is 24.3 Å². The van der Waals surface area contributed by atoms with Gasteiger partial charge in [-0.1, -0.05) is 23.7 Å². The van der Waals surface area contributed by atoms with E-state index < -0.39 is 0 Å². The quantitative estimate of drug-likeness (QED) is 0.386. The minimum absolute atomic E-state index is 0. The number of benzene rings is 1. The molecule has 1 atom stereocenters. The molecule has 0 spiro atoms. The van der Waals surface area contributed by atoms with E-state index in [4.69, 9.17) is 11.6 Å². The molecule has 1 saturated heterocycles. The van der Waals surface area contributed by atoms with Gasteiger partial charge in [0.1, 0.15) is 0 Å². The predicted molar refractivity (Wildman–Crippen MR) is 112 cm³/mol. The van der Waals surface area contributed by atoms with Crippen LogP contribution in [-0.4, -0.2) is 43.1 Å². The monoisotopic (exact) mass is 462 g/mol. The van der Waals surface area contributed by atoms with Crippen molar-refractivity contribution in [3.63, 3.8) is 0 Å². The molecule has 3 rings (SSSR count). The molecular weight excluding hydrogens is 435 g/mol. The first-order valence-electron chi connectivity index (χ1n) is 8.75. The van der Waals surface area contributed by atoms with Crippen LogP contribution in [0.5, 0.6) is 0 Å². The lowest BCUT2D eigenvalue weighted by Crippen LogP contribution is -2.40. The third-order valence-corrected chi connectivity index (χ3v) is 4.87. The number of hydrogen-bond donors (Lipinski definition) is 2. The standard InChI is InChI=1S/C18H27ClN4.HI/c1-2-20-18(21-11-14-3-5-16(19)6-4-14)22-12-15-9-10-23(13-15)17-7-8-17;/h3-6,15,17H,2,7-13H2,1H3,(H2,20,21,22);1H. The Kier molecular flexibility index (Phi) is 8.10. The molecule has 0 radical (unpaired) electrons. The molecule has 0 amide bonds. The zero-order chi connectivity index (χ0) is 16.1. The molecule has 2 fully saturated rings. The number of hydrogen-bond acceptors (Lipinski definition) is 2. The van der Waals surface area contributed by atoms with E-state index in [1.165, 1.54) is 37.9 Å². The van der Waals surface area contributed by atoms with Gasteiger partial charge in [0, 0.05) is 30.7 Å². The Bertz CT molecular complexity index is 530. The van der Waals surface area contributed by atoms with E-state index in [0.717, 1.165) is 36.0 Å². The highest BCUT2D eigenvalue weighted by molar-refractivity contribution is 14.0. The van der Waals surface area contributed by atoms with Crippen molar-refractivity contribution < 1.29 is 0 Å². The average molecular weight is 463 g/mol. The second kappa shape index (κ2) is 9.82. The van der Waals surface area contributed by atoms with Crippen LogP contribution >= 0.6 is 35.6 Å². The Morgan fingerprint density at radius 2 is 1.96 bits per heavy atom. The van der Waals surface area contributed by atoms with Crippen LogP contribution in [0.1, 0.15) is 31.7 Å². The zero-order valence-corrected chi connectivity index (χ0v) is 17.4. The normalized spacial score (nSPS) is 21.4. The van der Waals surface area contributed by atoms with Gasteiger partial charge in [0.15, 0.2) is 5.96 Å². The lowest BCUT2D eigenvalue weighted by molar-refractivity contribution is 0.314. The van der Waals surface area contributed by atoms with Gasteiger partial charge < -0.3 is 15.5 Å². The van der Waals surface area contributed by atoms with Crippen molar-refractivity contribution in [1.29, 1.82) is 0 Å². The Balaban J connectivity index is 0.00000208. The highest BCUT2D eigenvalue weighted by Gasteiger charge is 2.34. The summed E-state index contributed by atoms with van der Waals surface area (Å²) in [6, 6.07) is 8.78. The molecule has 2 aliphatic rings. The summed E-state index contributed by atoms with van der Waals surface area (Å²) in [6.07, 6.45) is 4.12. The SMILES string of the molecule is CCNC(=NCc1ccc(Cl)cc1)NCC1CCN(C2CC2)C1.I. The molecule has 1 aromatic rings. The lowest BCUT2D eigenvalue weighted by atomic mass is 10.1. The Morgan fingerprint density at radius 3 is 2.62 bits per heavy atom. The second-order valence-electron chi connectivity index (χ2n) is 6.58. The van der Waals surface area contributed by atoms with Crippen LogP contribution in [0.2, 0.25) is 5.02 Å². The molecule has 1 aromatic carbocycles. The summed E-state index contributed by atoms with van der Waals surface area (Å²) in [5.74, 6) is 1.65. The third-order valence-electron chi connectivity index (χ3n) is 4.62. The Hall–Kier alpha value is -0.530. The highest BCUT2D eigenvalue weighted by Crippen LogP contribution is 2.31. The summed E-state index contributed by atoms with van der Waals surface area (Å²) in [4.78, 5) is 7.34. The van der Waals surface area contributed by atoms with Crippen LogP contribution in [0.25, 0.3) is 0 Å². The van der Waals surface area contributed by atoms with Gasteiger partial charge in [0.25, 0.3) is 0 Å². The van der Waals surface area contributed by atoms with Gasteiger partial charge >= 0.3 is 0 Å². The zero-order valence-electron chi connectivity index (χ0n) is 14.3. The second-order valence-corrected chi connectivity index (χ2v) is 7.02. The maximum atomic E-state index is 5.92. The minimum Gasteiger partial charge on any atom is -0.357 e. The van der Waals surface area contributed by atoms with Crippen molar-refractivity contribution in [3.05, 3.63) is 34.9 Å². The molecule has 4 nitrogen and oxygen atoms in total. The fourth-order valence-corrected chi connectivity index (χ4v) is 3.27. The maximum Gasteiger partial charge on any atom is 0.191 e. The van der Waals surface area contributed by atoms with Gasteiger partial charge in [-0.15, -0.1) is 24.0 Å². The topological polar surface area (TPSA) is 39.7 Å². The summed E-state index contributed by atoms with van der Waals surface area (Å²) < 4.78 is 0. The van der Waals surface area contributed by atoms with Crippen molar-refractivity contribution in [2.75, 3.05) is 26.2 Å². The van der Waals surface area contributed by atoms with Crippen LogP contribution in [0, 0.1) is 5.92 Å². The molecule has 1 aliphatic carbocycles. The van der Waals surface area contributed by atoms with Gasteiger partial charge in [0.05, 0.1) is 6.54 Å². The molecular formula is C18H28ClIN4. The number of guanidine groups is 1.